The standard InChI is InChI=1S/C21H15FN4O2/c22-18-5-1-4-17(11-18)19-25-21(28-26-19)16-8-6-15(7-9-16)20(27)24-13-14-3-2-10-23-12-14/h1-12H,13H2,(H,24,27). The summed E-state index contributed by atoms with van der Waals surface area (Å²) in [7, 11) is 0. The zero-order valence-corrected chi connectivity index (χ0v) is 14.7. The summed E-state index contributed by atoms with van der Waals surface area (Å²) in [6.45, 7) is 0.398. The van der Waals surface area contributed by atoms with Crippen LogP contribution in [-0.4, -0.2) is 21.0 Å². The van der Waals surface area contributed by atoms with Gasteiger partial charge in [0.05, 0.1) is 0 Å². The molecule has 6 nitrogen and oxygen atoms in total. The lowest BCUT2D eigenvalue weighted by molar-refractivity contribution is 0.0951. The van der Waals surface area contributed by atoms with E-state index in [2.05, 4.69) is 20.4 Å². The summed E-state index contributed by atoms with van der Waals surface area (Å²) in [5.41, 5.74) is 2.63. The van der Waals surface area contributed by atoms with E-state index in [0.717, 1.165) is 5.56 Å². The molecule has 1 N–H and O–H groups in total. The van der Waals surface area contributed by atoms with Crippen LogP contribution in [0.15, 0.2) is 77.6 Å². The topological polar surface area (TPSA) is 80.9 Å². The van der Waals surface area contributed by atoms with Gasteiger partial charge in [-0.15, -0.1) is 0 Å². The SMILES string of the molecule is O=C(NCc1cccnc1)c1ccc(-c2nc(-c3cccc(F)c3)no2)cc1. The van der Waals surface area contributed by atoms with Gasteiger partial charge >= 0.3 is 0 Å². The van der Waals surface area contributed by atoms with Gasteiger partial charge in [0.2, 0.25) is 5.82 Å². The van der Waals surface area contributed by atoms with Crippen molar-refractivity contribution >= 4 is 5.91 Å². The first-order valence-corrected chi connectivity index (χ1v) is 8.56. The van der Waals surface area contributed by atoms with Crippen LogP contribution in [0.1, 0.15) is 15.9 Å². The first-order chi connectivity index (χ1) is 13.7. The Bertz CT molecular complexity index is 1090. The zero-order valence-electron chi connectivity index (χ0n) is 14.7. The highest BCUT2D eigenvalue weighted by molar-refractivity contribution is 5.94. The predicted molar refractivity (Wildman–Crippen MR) is 101 cm³/mol. The van der Waals surface area contributed by atoms with Crippen molar-refractivity contribution in [1.29, 1.82) is 0 Å². The number of aromatic nitrogens is 3. The van der Waals surface area contributed by atoms with Crippen molar-refractivity contribution in [2.75, 3.05) is 0 Å². The van der Waals surface area contributed by atoms with E-state index >= 15 is 0 Å². The van der Waals surface area contributed by atoms with Gasteiger partial charge < -0.3 is 9.84 Å². The van der Waals surface area contributed by atoms with Crippen LogP contribution in [0.3, 0.4) is 0 Å². The molecule has 0 saturated carbocycles. The average Bonchev–Trinajstić information content (AvgIpc) is 3.23. The maximum Gasteiger partial charge on any atom is 0.258 e. The molecule has 0 unspecified atom stereocenters. The number of nitrogens with one attached hydrogen (secondary N) is 1. The fourth-order valence-electron chi connectivity index (χ4n) is 2.64. The van der Waals surface area contributed by atoms with Crippen LogP contribution >= 0.6 is 0 Å². The number of amides is 1. The lowest BCUT2D eigenvalue weighted by Gasteiger charge is -2.05. The van der Waals surface area contributed by atoms with E-state index < -0.39 is 0 Å². The minimum absolute atomic E-state index is 0.193. The van der Waals surface area contributed by atoms with E-state index in [4.69, 9.17) is 4.52 Å². The molecule has 0 aliphatic heterocycles. The van der Waals surface area contributed by atoms with Crippen LogP contribution in [-0.2, 0) is 6.54 Å². The lowest BCUT2D eigenvalue weighted by Crippen LogP contribution is -2.22. The van der Waals surface area contributed by atoms with E-state index in [1.165, 1.54) is 12.1 Å². The Morgan fingerprint density at radius 2 is 1.89 bits per heavy atom. The third-order valence-corrected chi connectivity index (χ3v) is 4.08. The lowest BCUT2D eigenvalue weighted by atomic mass is 10.1. The third kappa shape index (κ3) is 3.93. The highest BCUT2D eigenvalue weighted by Gasteiger charge is 2.12. The van der Waals surface area contributed by atoms with Crippen LogP contribution < -0.4 is 5.32 Å². The highest BCUT2D eigenvalue weighted by atomic mass is 19.1. The fourth-order valence-corrected chi connectivity index (χ4v) is 2.64. The first kappa shape index (κ1) is 17.5. The molecule has 0 fully saturated rings. The molecule has 4 aromatic rings. The zero-order chi connectivity index (χ0) is 19.3. The molecule has 138 valence electrons. The van der Waals surface area contributed by atoms with Crippen molar-refractivity contribution in [1.82, 2.24) is 20.4 Å². The van der Waals surface area contributed by atoms with Crippen molar-refractivity contribution in [2.24, 2.45) is 0 Å². The molecule has 4 rings (SSSR count). The Morgan fingerprint density at radius 3 is 2.64 bits per heavy atom. The van der Waals surface area contributed by atoms with Crippen LogP contribution in [0.2, 0.25) is 0 Å². The van der Waals surface area contributed by atoms with Gasteiger partial charge in [-0.1, -0.05) is 23.4 Å². The Balaban J connectivity index is 1.45. The van der Waals surface area contributed by atoms with Crippen LogP contribution in [0.5, 0.6) is 0 Å². The molecule has 0 aliphatic carbocycles. The van der Waals surface area contributed by atoms with Gasteiger partial charge in [0.1, 0.15) is 5.82 Å². The molecule has 2 aromatic carbocycles. The summed E-state index contributed by atoms with van der Waals surface area (Å²) in [4.78, 5) is 20.6. The normalized spacial score (nSPS) is 10.6. The molecule has 0 aliphatic rings. The van der Waals surface area contributed by atoms with Crippen LogP contribution in [0.25, 0.3) is 22.8 Å². The molecule has 0 radical (unpaired) electrons. The molecule has 0 atom stereocenters. The van der Waals surface area contributed by atoms with Gasteiger partial charge in [0.25, 0.3) is 11.8 Å². The second-order valence-electron chi connectivity index (χ2n) is 6.05. The van der Waals surface area contributed by atoms with E-state index in [0.29, 0.717) is 35.0 Å². The number of carbonyl (C=O) groups is 1. The van der Waals surface area contributed by atoms with Crippen LogP contribution in [0, 0.1) is 5.82 Å². The van der Waals surface area contributed by atoms with Gasteiger partial charge in [0, 0.05) is 35.6 Å². The maximum atomic E-state index is 13.3. The summed E-state index contributed by atoms with van der Waals surface area (Å²) in [6, 6.07) is 16.5. The molecule has 7 heteroatoms. The molecule has 0 bridgehead atoms. The number of pyridine rings is 1. The summed E-state index contributed by atoms with van der Waals surface area (Å²) in [5, 5.41) is 6.73. The Morgan fingerprint density at radius 1 is 1.04 bits per heavy atom. The molecule has 2 aromatic heterocycles. The van der Waals surface area contributed by atoms with Gasteiger partial charge in [-0.2, -0.15) is 4.98 Å². The summed E-state index contributed by atoms with van der Waals surface area (Å²) >= 11 is 0. The van der Waals surface area contributed by atoms with Crippen molar-refractivity contribution in [2.45, 2.75) is 6.54 Å². The molecule has 28 heavy (non-hydrogen) atoms. The first-order valence-electron chi connectivity index (χ1n) is 8.56. The van der Waals surface area contributed by atoms with Crippen molar-refractivity contribution in [3.63, 3.8) is 0 Å². The Hall–Kier alpha value is -3.87. The fraction of sp³-hybridized carbons (Fsp3) is 0.0476. The summed E-state index contributed by atoms with van der Waals surface area (Å²) in [6.07, 6.45) is 3.39. The van der Waals surface area contributed by atoms with E-state index in [1.807, 2.05) is 12.1 Å². The second-order valence-corrected chi connectivity index (χ2v) is 6.05. The molecule has 2 heterocycles. The molecule has 0 spiro atoms. The predicted octanol–water partition coefficient (Wildman–Crippen LogP) is 3.87. The largest absolute Gasteiger partial charge is 0.348 e. The van der Waals surface area contributed by atoms with E-state index in [-0.39, 0.29) is 11.7 Å². The number of nitrogens with zero attached hydrogens (tertiary/aromatic N) is 3. The van der Waals surface area contributed by atoms with E-state index in [1.54, 1.807) is 48.8 Å². The minimum Gasteiger partial charge on any atom is -0.348 e. The second kappa shape index (κ2) is 7.79. The Labute approximate surface area is 160 Å². The van der Waals surface area contributed by atoms with Gasteiger partial charge in [-0.25, -0.2) is 4.39 Å². The smallest absolute Gasteiger partial charge is 0.258 e. The number of hydrogen-bond donors (Lipinski definition) is 1. The molecule has 0 saturated heterocycles. The highest BCUT2D eigenvalue weighted by Crippen LogP contribution is 2.23. The summed E-state index contributed by atoms with van der Waals surface area (Å²) in [5.74, 6) is 0.0289. The molecular formula is C21H15FN4O2. The quantitative estimate of drug-likeness (QED) is 0.574. The molecular weight excluding hydrogens is 359 g/mol. The van der Waals surface area contributed by atoms with Crippen molar-refractivity contribution in [3.8, 4) is 22.8 Å². The van der Waals surface area contributed by atoms with Gasteiger partial charge in [0.15, 0.2) is 0 Å². The van der Waals surface area contributed by atoms with Gasteiger partial charge in [-0.3, -0.25) is 9.78 Å². The number of benzene rings is 2. The summed E-state index contributed by atoms with van der Waals surface area (Å²) < 4.78 is 18.6. The van der Waals surface area contributed by atoms with Crippen LogP contribution in [0.4, 0.5) is 4.39 Å². The number of carbonyl (C=O) groups excluding carboxylic acids is 1. The van der Waals surface area contributed by atoms with Gasteiger partial charge in [-0.05, 0) is 48.0 Å². The maximum absolute atomic E-state index is 13.3. The average molecular weight is 374 g/mol. The van der Waals surface area contributed by atoms with Crippen molar-refractivity contribution < 1.29 is 13.7 Å². The van der Waals surface area contributed by atoms with E-state index in [9.17, 15) is 9.18 Å². The number of rotatable bonds is 5. The molecule has 1 amide bonds. The minimum atomic E-state index is -0.370. The third-order valence-electron chi connectivity index (χ3n) is 4.08. The Kier molecular flexibility index (Phi) is 4.88. The monoisotopic (exact) mass is 374 g/mol. The number of hydrogen-bond acceptors (Lipinski definition) is 5. The van der Waals surface area contributed by atoms with Crippen molar-refractivity contribution in [3.05, 3.63) is 90.0 Å². The number of halogens is 1.